The fourth-order valence-electron chi connectivity index (χ4n) is 2.82. The van der Waals surface area contributed by atoms with Gasteiger partial charge in [-0.15, -0.1) is 5.10 Å². The van der Waals surface area contributed by atoms with Crippen molar-refractivity contribution in [3.63, 3.8) is 0 Å². The van der Waals surface area contributed by atoms with Gasteiger partial charge >= 0.3 is 0 Å². The van der Waals surface area contributed by atoms with Crippen LogP contribution in [0.4, 0.5) is 11.5 Å². The molecular formula is C22H17BrN6O2. The van der Waals surface area contributed by atoms with Crippen molar-refractivity contribution in [3.8, 4) is 0 Å². The smallest absolute Gasteiger partial charge is 0.277 e. The van der Waals surface area contributed by atoms with E-state index in [1.54, 1.807) is 53.5 Å². The number of carbonyl (C=O) groups excluding carboxylic acids is 2. The monoisotopic (exact) mass is 476 g/mol. The summed E-state index contributed by atoms with van der Waals surface area (Å²) in [5, 5.41) is 13.4. The Morgan fingerprint density at radius 2 is 1.77 bits per heavy atom. The zero-order valence-electron chi connectivity index (χ0n) is 16.2. The number of aromatic nitrogens is 4. The number of anilines is 2. The number of nitrogens with zero attached hydrogens (tertiary/aromatic N) is 4. The predicted octanol–water partition coefficient (Wildman–Crippen LogP) is 3.99. The molecule has 0 saturated carbocycles. The minimum Gasteiger partial charge on any atom is -0.321 e. The summed E-state index contributed by atoms with van der Waals surface area (Å²) in [6.07, 6.45) is 3.18. The van der Waals surface area contributed by atoms with Gasteiger partial charge in [-0.2, -0.15) is 0 Å². The molecule has 4 rings (SSSR count). The van der Waals surface area contributed by atoms with E-state index < -0.39 is 5.91 Å². The maximum Gasteiger partial charge on any atom is 0.277 e. The molecule has 9 heteroatoms. The molecule has 0 aliphatic heterocycles. The molecule has 0 spiro atoms. The molecule has 0 saturated heterocycles. The van der Waals surface area contributed by atoms with Crippen LogP contribution in [-0.2, 0) is 6.54 Å². The third-order valence-corrected chi connectivity index (χ3v) is 4.78. The van der Waals surface area contributed by atoms with Crippen LogP contribution in [0.3, 0.4) is 0 Å². The van der Waals surface area contributed by atoms with E-state index in [2.05, 4.69) is 41.9 Å². The Bertz CT molecular complexity index is 1210. The van der Waals surface area contributed by atoms with Crippen molar-refractivity contribution < 1.29 is 9.59 Å². The van der Waals surface area contributed by atoms with Gasteiger partial charge in [0, 0.05) is 21.9 Å². The van der Waals surface area contributed by atoms with E-state index in [0.717, 1.165) is 10.0 Å². The van der Waals surface area contributed by atoms with Crippen LogP contribution in [-0.4, -0.2) is 31.8 Å². The van der Waals surface area contributed by atoms with E-state index in [-0.39, 0.29) is 11.6 Å². The molecule has 2 heterocycles. The van der Waals surface area contributed by atoms with Crippen molar-refractivity contribution >= 4 is 39.2 Å². The molecule has 0 aliphatic rings. The largest absolute Gasteiger partial charge is 0.321 e. The van der Waals surface area contributed by atoms with Crippen molar-refractivity contribution in [2.45, 2.75) is 6.54 Å². The SMILES string of the molecule is O=C(Nc1ccc(Br)cn1)c1cccc(NC(=O)c2cn(Cc3ccccc3)nn2)c1. The van der Waals surface area contributed by atoms with Gasteiger partial charge < -0.3 is 10.6 Å². The third-order valence-electron chi connectivity index (χ3n) is 4.31. The first-order chi connectivity index (χ1) is 15.1. The van der Waals surface area contributed by atoms with Crippen molar-refractivity contribution in [1.82, 2.24) is 20.0 Å². The zero-order chi connectivity index (χ0) is 21.6. The van der Waals surface area contributed by atoms with Crippen molar-refractivity contribution in [3.05, 3.63) is 100 Å². The van der Waals surface area contributed by atoms with Gasteiger partial charge in [-0.05, 0) is 51.8 Å². The first kappa shape index (κ1) is 20.4. The van der Waals surface area contributed by atoms with Gasteiger partial charge in [-0.3, -0.25) is 9.59 Å². The number of halogens is 1. The first-order valence-electron chi connectivity index (χ1n) is 9.35. The molecule has 0 unspecified atom stereocenters. The summed E-state index contributed by atoms with van der Waals surface area (Å²) in [5.41, 5.74) is 2.09. The summed E-state index contributed by atoms with van der Waals surface area (Å²) in [6.45, 7) is 0.515. The van der Waals surface area contributed by atoms with Crippen LogP contribution in [0.2, 0.25) is 0 Å². The number of nitrogens with one attached hydrogen (secondary N) is 2. The van der Waals surface area contributed by atoms with Crippen LogP contribution in [0.15, 0.2) is 83.6 Å². The highest BCUT2D eigenvalue weighted by atomic mass is 79.9. The highest BCUT2D eigenvalue weighted by Gasteiger charge is 2.13. The lowest BCUT2D eigenvalue weighted by molar-refractivity contribution is 0.101. The molecule has 0 fully saturated rings. The van der Waals surface area contributed by atoms with E-state index in [0.29, 0.717) is 23.6 Å². The zero-order valence-corrected chi connectivity index (χ0v) is 17.8. The van der Waals surface area contributed by atoms with Gasteiger partial charge in [0.25, 0.3) is 11.8 Å². The number of pyridine rings is 1. The van der Waals surface area contributed by atoms with E-state index in [9.17, 15) is 9.59 Å². The van der Waals surface area contributed by atoms with Crippen LogP contribution in [0, 0.1) is 0 Å². The Kier molecular flexibility index (Phi) is 6.13. The molecule has 0 atom stereocenters. The second-order valence-corrected chi connectivity index (χ2v) is 7.55. The maximum absolute atomic E-state index is 12.5. The van der Waals surface area contributed by atoms with Gasteiger partial charge in [0.05, 0.1) is 12.7 Å². The quantitative estimate of drug-likeness (QED) is 0.438. The second kappa shape index (κ2) is 9.31. The second-order valence-electron chi connectivity index (χ2n) is 6.64. The summed E-state index contributed by atoms with van der Waals surface area (Å²) in [5.74, 6) is -0.316. The lowest BCUT2D eigenvalue weighted by Gasteiger charge is -2.07. The van der Waals surface area contributed by atoms with Crippen LogP contribution in [0.5, 0.6) is 0 Å². The number of amides is 2. The summed E-state index contributed by atoms with van der Waals surface area (Å²) < 4.78 is 2.41. The van der Waals surface area contributed by atoms with Gasteiger partial charge in [0.15, 0.2) is 5.69 Å². The fourth-order valence-corrected chi connectivity index (χ4v) is 3.06. The summed E-state index contributed by atoms with van der Waals surface area (Å²) in [4.78, 5) is 29.1. The minimum absolute atomic E-state index is 0.185. The Morgan fingerprint density at radius 1 is 0.935 bits per heavy atom. The molecule has 154 valence electrons. The van der Waals surface area contributed by atoms with Crippen LogP contribution in [0.25, 0.3) is 0 Å². The standard InChI is InChI=1S/C22H17BrN6O2/c23-17-9-10-20(24-12-17)26-21(30)16-7-4-8-18(11-16)25-22(31)19-14-29(28-27-19)13-15-5-2-1-3-6-15/h1-12,14H,13H2,(H,25,31)(H,24,26,30). The van der Waals surface area contributed by atoms with E-state index >= 15 is 0 Å². The number of carbonyl (C=O) groups is 2. The molecule has 2 N–H and O–H groups in total. The van der Waals surface area contributed by atoms with Crippen molar-refractivity contribution in [1.29, 1.82) is 0 Å². The van der Waals surface area contributed by atoms with E-state index in [4.69, 9.17) is 0 Å². The summed E-state index contributed by atoms with van der Waals surface area (Å²) >= 11 is 3.30. The molecule has 0 aliphatic carbocycles. The third kappa shape index (κ3) is 5.40. The van der Waals surface area contributed by atoms with Gasteiger partial charge in [0.1, 0.15) is 5.82 Å². The molecule has 2 amide bonds. The van der Waals surface area contributed by atoms with Crippen LogP contribution < -0.4 is 10.6 Å². The topological polar surface area (TPSA) is 102 Å². The molecule has 2 aromatic heterocycles. The Labute approximate surface area is 186 Å². The maximum atomic E-state index is 12.5. The van der Waals surface area contributed by atoms with Crippen LogP contribution >= 0.6 is 15.9 Å². The predicted molar refractivity (Wildman–Crippen MR) is 120 cm³/mol. The molecule has 2 aromatic carbocycles. The highest BCUT2D eigenvalue weighted by molar-refractivity contribution is 9.10. The summed E-state index contributed by atoms with van der Waals surface area (Å²) in [6, 6.07) is 19.9. The van der Waals surface area contributed by atoms with E-state index in [1.165, 1.54) is 0 Å². The van der Waals surface area contributed by atoms with Crippen LogP contribution in [0.1, 0.15) is 26.4 Å². The number of benzene rings is 2. The van der Waals surface area contributed by atoms with E-state index in [1.807, 2.05) is 30.3 Å². The van der Waals surface area contributed by atoms with Gasteiger partial charge in [-0.1, -0.05) is 41.6 Å². The summed E-state index contributed by atoms with van der Waals surface area (Å²) in [7, 11) is 0. The Hall–Kier alpha value is -3.85. The molecule has 8 nitrogen and oxygen atoms in total. The molecule has 31 heavy (non-hydrogen) atoms. The van der Waals surface area contributed by atoms with Crippen molar-refractivity contribution in [2.75, 3.05) is 10.6 Å². The Balaban J connectivity index is 1.41. The molecule has 4 aromatic rings. The minimum atomic E-state index is -0.411. The number of hydrogen-bond donors (Lipinski definition) is 2. The van der Waals surface area contributed by atoms with Crippen molar-refractivity contribution in [2.24, 2.45) is 0 Å². The van der Waals surface area contributed by atoms with Gasteiger partial charge in [-0.25, -0.2) is 9.67 Å². The average molecular weight is 477 g/mol. The highest BCUT2D eigenvalue weighted by Crippen LogP contribution is 2.15. The first-order valence-corrected chi connectivity index (χ1v) is 10.1. The van der Waals surface area contributed by atoms with Gasteiger partial charge in [0.2, 0.25) is 0 Å². The average Bonchev–Trinajstić information content (AvgIpc) is 3.25. The number of rotatable bonds is 6. The molecular weight excluding hydrogens is 460 g/mol. The normalized spacial score (nSPS) is 10.5. The molecule has 0 radical (unpaired) electrons. The molecule has 0 bridgehead atoms. The number of hydrogen-bond acceptors (Lipinski definition) is 5. The fraction of sp³-hybridized carbons (Fsp3) is 0.0455. The lowest BCUT2D eigenvalue weighted by Crippen LogP contribution is -2.15. The lowest BCUT2D eigenvalue weighted by atomic mass is 10.2. The Morgan fingerprint density at radius 3 is 2.55 bits per heavy atom.